The van der Waals surface area contributed by atoms with Crippen LogP contribution in [0.15, 0.2) is 36.4 Å². The minimum absolute atomic E-state index is 0.0567. The van der Waals surface area contributed by atoms with Crippen LogP contribution in [0.4, 0.5) is 20.2 Å². The zero-order valence-corrected chi connectivity index (χ0v) is 14.2. The number of hydrogen-bond acceptors (Lipinski definition) is 7. The topological polar surface area (TPSA) is 128 Å². The molecule has 4 rings (SSSR count). The number of nitro benzene ring substituents is 1. The van der Waals surface area contributed by atoms with Crippen LogP contribution >= 0.6 is 0 Å². The molecule has 1 N–H and O–H groups in total. The molecule has 0 spiro atoms. The van der Waals surface area contributed by atoms with Crippen LogP contribution in [-0.4, -0.2) is 40.4 Å². The number of non-ortho nitro benzene ring substituents is 1. The van der Waals surface area contributed by atoms with Gasteiger partial charge in [-0.05, 0) is 18.2 Å². The number of carbonyl (C=O) groups excluding carboxylic acids is 3. The lowest BCUT2D eigenvalue weighted by Crippen LogP contribution is -2.37. The maximum absolute atomic E-state index is 13.0. The monoisotopic (exact) mass is 405 g/mol. The first kappa shape index (κ1) is 18.3. The van der Waals surface area contributed by atoms with Gasteiger partial charge in [0.1, 0.15) is 6.54 Å². The van der Waals surface area contributed by atoms with Gasteiger partial charge in [-0.15, -0.1) is 8.78 Å². The van der Waals surface area contributed by atoms with Crippen LogP contribution in [0.3, 0.4) is 0 Å². The van der Waals surface area contributed by atoms with Crippen LogP contribution in [0.25, 0.3) is 0 Å². The van der Waals surface area contributed by atoms with Crippen LogP contribution in [0.2, 0.25) is 0 Å². The lowest BCUT2D eigenvalue weighted by atomic mass is 10.1. The molecule has 2 aromatic rings. The molecule has 10 nitrogen and oxygen atoms in total. The van der Waals surface area contributed by atoms with Crippen LogP contribution in [0.5, 0.6) is 11.5 Å². The van der Waals surface area contributed by atoms with Gasteiger partial charge in [0.2, 0.25) is 5.91 Å². The predicted molar refractivity (Wildman–Crippen MR) is 89.7 cm³/mol. The molecule has 0 bridgehead atoms. The number of carbonyl (C=O) groups is 3. The first-order valence-electron chi connectivity index (χ1n) is 7.99. The highest BCUT2D eigenvalue weighted by Crippen LogP contribution is 2.42. The van der Waals surface area contributed by atoms with E-state index in [4.69, 9.17) is 0 Å². The summed E-state index contributed by atoms with van der Waals surface area (Å²) in [7, 11) is 0. The summed E-state index contributed by atoms with van der Waals surface area (Å²) < 4.78 is 34.6. The van der Waals surface area contributed by atoms with Crippen molar-refractivity contribution in [2.24, 2.45) is 0 Å². The number of halogens is 2. The quantitative estimate of drug-likeness (QED) is 0.469. The number of alkyl halides is 2. The normalized spacial score (nSPS) is 16.0. The SMILES string of the molecule is O=C(CN1C(=O)c2ccc([N+](=O)[O-])cc2C1=O)Nc1ccc2c(c1)OC(F)(F)O2. The number of nitro groups is 1. The van der Waals surface area contributed by atoms with Crippen molar-refractivity contribution in [2.45, 2.75) is 6.29 Å². The summed E-state index contributed by atoms with van der Waals surface area (Å²) in [6.45, 7) is -0.676. The number of benzene rings is 2. The van der Waals surface area contributed by atoms with E-state index in [1.807, 2.05) is 0 Å². The second-order valence-corrected chi connectivity index (χ2v) is 6.06. The van der Waals surface area contributed by atoms with Gasteiger partial charge in [0.25, 0.3) is 17.5 Å². The molecule has 0 fully saturated rings. The first-order valence-corrected chi connectivity index (χ1v) is 7.99. The number of anilines is 1. The fraction of sp³-hybridized carbons (Fsp3) is 0.118. The van der Waals surface area contributed by atoms with Crippen molar-refractivity contribution in [2.75, 3.05) is 11.9 Å². The Morgan fingerprint density at radius 3 is 2.48 bits per heavy atom. The predicted octanol–water partition coefficient (Wildman–Crippen LogP) is 2.15. The number of nitrogens with one attached hydrogen (secondary N) is 1. The smallest absolute Gasteiger partial charge is 0.395 e. The van der Waals surface area contributed by atoms with Crippen LogP contribution in [-0.2, 0) is 4.79 Å². The number of fused-ring (bicyclic) bond motifs is 2. The second-order valence-electron chi connectivity index (χ2n) is 6.06. The Morgan fingerprint density at radius 1 is 1.07 bits per heavy atom. The van der Waals surface area contributed by atoms with Gasteiger partial charge in [-0.2, -0.15) is 0 Å². The van der Waals surface area contributed by atoms with Gasteiger partial charge in [-0.25, -0.2) is 0 Å². The molecule has 2 aliphatic heterocycles. The highest BCUT2D eigenvalue weighted by atomic mass is 19.3. The van der Waals surface area contributed by atoms with Crippen molar-refractivity contribution in [3.63, 3.8) is 0 Å². The van der Waals surface area contributed by atoms with Gasteiger partial charge < -0.3 is 14.8 Å². The molecule has 148 valence electrons. The Labute approximate surface area is 159 Å². The third-order valence-electron chi connectivity index (χ3n) is 4.15. The molecule has 0 saturated heterocycles. The molecular weight excluding hydrogens is 396 g/mol. The van der Waals surface area contributed by atoms with Gasteiger partial charge in [0, 0.05) is 23.9 Å². The summed E-state index contributed by atoms with van der Waals surface area (Å²) >= 11 is 0. The van der Waals surface area contributed by atoms with Gasteiger partial charge in [0.15, 0.2) is 11.5 Å². The van der Waals surface area contributed by atoms with Gasteiger partial charge in [-0.3, -0.25) is 29.4 Å². The van der Waals surface area contributed by atoms with E-state index < -0.39 is 35.5 Å². The number of hydrogen-bond donors (Lipinski definition) is 1. The van der Waals surface area contributed by atoms with E-state index in [2.05, 4.69) is 14.8 Å². The third-order valence-corrected chi connectivity index (χ3v) is 4.15. The molecule has 0 radical (unpaired) electrons. The highest BCUT2D eigenvalue weighted by Gasteiger charge is 2.43. The van der Waals surface area contributed by atoms with E-state index in [9.17, 15) is 33.3 Å². The molecule has 2 heterocycles. The number of rotatable bonds is 4. The van der Waals surface area contributed by atoms with Crippen LogP contribution in [0.1, 0.15) is 20.7 Å². The van der Waals surface area contributed by atoms with Gasteiger partial charge in [-0.1, -0.05) is 0 Å². The first-order chi connectivity index (χ1) is 13.6. The van der Waals surface area contributed by atoms with E-state index >= 15 is 0 Å². The van der Waals surface area contributed by atoms with E-state index in [1.54, 1.807) is 0 Å². The Balaban J connectivity index is 1.48. The van der Waals surface area contributed by atoms with Crippen LogP contribution < -0.4 is 14.8 Å². The summed E-state index contributed by atoms with van der Waals surface area (Å²) in [5.74, 6) is -2.93. The summed E-state index contributed by atoms with van der Waals surface area (Å²) in [5.41, 5.74) is -0.531. The van der Waals surface area contributed by atoms with Crippen molar-refractivity contribution < 1.29 is 37.6 Å². The fourth-order valence-corrected chi connectivity index (χ4v) is 2.91. The summed E-state index contributed by atoms with van der Waals surface area (Å²) in [6, 6.07) is 6.71. The standard InChI is InChI=1S/C17H9F2N3O7/c18-17(19)28-12-4-1-8(5-13(12)29-17)20-14(23)7-21-15(24)10-3-2-9(22(26)27)6-11(10)16(21)25/h1-6H,7H2,(H,20,23). The molecule has 0 aliphatic carbocycles. The van der Waals surface area contributed by atoms with Crippen molar-refractivity contribution in [1.82, 2.24) is 4.90 Å². The molecule has 0 unspecified atom stereocenters. The molecule has 0 aromatic heterocycles. The maximum atomic E-state index is 13.0. The highest BCUT2D eigenvalue weighted by molar-refractivity contribution is 6.23. The largest absolute Gasteiger partial charge is 0.586 e. The Morgan fingerprint density at radius 2 is 1.76 bits per heavy atom. The number of amides is 3. The average molecular weight is 405 g/mol. The van der Waals surface area contributed by atoms with Crippen LogP contribution in [0, 0.1) is 10.1 Å². The lowest BCUT2D eigenvalue weighted by Gasteiger charge is -2.13. The minimum Gasteiger partial charge on any atom is -0.395 e. The van der Waals surface area contributed by atoms with E-state index in [-0.39, 0.29) is 34.0 Å². The van der Waals surface area contributed by atoms with Gasteiger partial charge >= 0.3 is 6.29 Å². The van der Waals surface area contributed by atoms with Crippen molar-refractivity contribution in [1.29, 1.82) is 0 Å². The molecule has 2 aromatic carbocycles. The summed E-state index contributed by atoms with van der Waals surface area (Å²) in [5, 5.41) is 13.2. The van der Waals surface area contributed by atoms with E-state index in [0.717, 1.165) is 30.3 Å². The Bertz CT molecular complexity index is 1100. The number of imide groups is 1. The summed E-state index contributed by atoms with van der Waals surface area (Å²) in [6.07, 6.45) is -3.81. The zero-order valence-electron chi connectivity index (χ0n) is 14.2. The molecule has 0 saturated carbocycles. The minimum atomic E-state index is -3.81. The van der Waals surface area contributed by atoms with Crippen molar-refractivity contribution in [3.8, 4) is 11.5 Å². The Hall–Kier alpha value is -4.09. The van der Waals surface area contributed by atoms with E-state index in [0.29, 0.717) is 4.90 Å². The lowest BCUT2D eigenvalue weighted by molar-refractivity contribution is -0.384. The number of nitrogens with zero attached hydrogens (tertiary/aromatic N) is 2. The van der Waals surface area contributed by atoms with Crippen molar-refractivity contribution in [3.05, 3.63) is 57.6 Å². The van der Waals surface area contributed by atoms with Gasteiger partial charge in [0.05, 0.1) is 16.1 Å². The molecule has 3 amide bonds. The zero-order chi connectivity index (χ0) is 20.9. The average Bonchev–Trinajstić information content (AvgIpc) is 3.08. The molecule has 0 atom stereocenters. The number of ether oxygens (including phenoxy) is 2. The molecule has 2 aliphatic rings. The maximum Gasteiger partial charge on any atom is 0.586 e. The summed E-state index contributed by atoms with van der Waals surface area (Å²) in [4.78, 5) is 47.7. The van der Waals surface area contributed by atoms with Crippen molar-refractivity contribution >= 4 is 29.1 Å². The Kier molecular flexibility index (Phi) is 3.92. The van der Waals surface area contributed by atoms with E-state index in [1.165, 1.54) is 6.07 Å². The molecule has 12 heteroatoms. The molecule has 29 heavy (non-hydrogen) atoms. The second kappa shape index (κ2) is 6.22. The fourth-order valence-electron chi connectivity index (χ4n) is 2.91. The third kappa shape index (κ3) is 3.20. The molecular formula is C17H9F2N3O7.